The Hall–Kier alpha value is -2.54. The first-order valence-electron chi connectivity index (χ1n) is 9.77. The highest BCUT2D eigenvalue weighted by Crippen LogP contribution is 2.25. The van der Waals surface area contributed by atoms with E-state index in [1.165, 1.54) is 0 Å². The Balaban J connectivity index is 1.38. The van der Waals surface area contributed by atoms with Crippen LogP contribution in [0, 0.1) is 0 Å². The molecule has 0 bridgehead atoms. The van der Waals surface area contributed by atoms with Crippen molar-refractivity contribution >= 4 is 11.9 Å². The number of amides is 1. The smallest absolute Gasteiger partial charge is 0.242 e. The summed E-state index contributed by atoms with van der Waals surface area (Å²) in [4.78, 5) is 30.5. The molecule has 0 unspecified atom stereocenters. The molecule has 0 radical (unpaired) electrons. The number of hydrogen-bond acceptors (Lipinski definition) is 6. The molecule has 27 heavy (non-hydrogen) atoms. The molecule has 0 aliphatic carbocycles. The number of anilines is 1. The zero-order chi connectivity index (χ0) is 18.5. The van der Waals surface area contributed by atoms with Gasteiger partial charge in [0.05, 0.1) is 0 Å². The van der Waals surface area contributed by atoms with Gasteiger partial charge in [0.2, 0.25) is 11.9 Å². The topological polar surface area (TPSA) is 74.2 Å². The molecule has 2 aromatic heterocycles. The van der Waals surface area contributed by atoms with Crippen LogP contribution in [0.25, 0.3) is 0 Å². The predicted octanol–water partition coefficient (Wildman–Crippen LogP) is 1.79. The third-order valence-electron chi connectivity index (χ3n) is 5.43. The van der Waals surface area contributed by atoms with Gasteiger partial charge in [0.15, 0.2) is 0 Å². The zero-order valence-electron chi connectivity index (χ0n) is 15.5. The number of rotatable bonds is 5. The van der Waals surface area contributed by atoms with Gasteiger partial charge in [-0.05, 0) is 56.5 Å². The average Bonchev–Trinajstić information content (AvgIpc) is 3.24. The lowest BCUT2D eigenvalue weighted by molar-refractivity contribution is -0.127. The SMILES string of the molecule is O=C(NC1CCN(c2ncccn2)CC1)[C@@H](c1cccnc1)N1CCCC1. The minimum atomic E-state index is -0.239. The van der Waals surface area contributed by atoms with Gasteiger partial charge in [-0.1, -0.05) is 6.07 Å². The van der Waals surface area contributed by atoms with Crippen LogP contribution in [0.1, 0.15) is 37.3 Å². The minimum absolute atomic E-state index is 0.0966. The molecule has 2 aromatic rings. The van der Waals surface area contributed by atoms with Gasteiger partial charge in [-0.3, -0.25) is 14.7 Å². The molecule has 4 rings (SSSR count). The number of carbonyl (C=O) groups excluding carboxylic acids is 1. The van der Waals surface area contributed by atoms with Crippen LogP contribution in [-0.2, 0) is 4.79 Å². The molecular weight excluding hydrogens is 340 g/mol. The predicted molar refractivity (Wildman–Crippen MR) is 103 cm³/mol. The van der Waals surface area contributed by atoms with E-state index in [2.05, 4.69) is 30.1 Å². The highest BCUT2D eigenvalue weighted by atomic mass is 16.2. The lowest BCUT2D eigenvalue weighted by Gasteiger charge is -2.34. The summed E-state index contributed by atoms with van der Waals surface area (Å²) in [5.74, 6) is 0.867. The van der Waals surface area contributed by atoms with Crippen molar-refractivity contribution in [3.8, 4) is 0 Å². The molecule has 1 amide bonds. The fraction of sp³-hybridized carbons (Fsp3) is 0.500. The summed E-state index contributed by atoms with van der Waals surface area (Å²) in [6, 6.07) is 5.69. The van der Waals surface area contributed by atoms with E-state index in [1.54, 1.807) is 18.6 Å². The molecule has 1 atom stereocenters. The number of likely N-dealkylation sites (tertiary alicyclic amines) is 1. The van der Waals surface area contributed by atoms with Gasteiger partial charge in [0.1, 0.15) is 6.04 Å². The van der Waals surface area contributed by atoms with Crippen molar-refractivity contribution < 1.29 is 4.79 Å². The fourth-order valence-electron chi connectivity index (χ4n) is 4.02. The molecule has 0 aromatic carbocycles. The van der Waals surface area contributed by atoms with Gasteiger partial charge in [-0.2, -0.15) is 0 Å². The maximum atomic E-state index is 13.1. The first kappa shape index (κ1) is 17.9. The van der Waals surface area contributed by atoms with Crippen LogP contribution in [0.5, 0.6) is 0 Å². The Labute approximate surface area is 159 Å². The fourth-order valence-corrected chi connectivity index (χ4v) is 4.02. The van der Waals surface area contributed by atoms with E-state index >= 15 is 0 Å². The third-order valence-corrected chi connectivity index (χ3v) is 5.43. The van der Waals surface area contributed by atoms with Crippen molar-refractivity contribution in [2.75, 3.05) is 31.1 Å². The Morgan fingerprint density at radius 1 is 1.04 bits per heavy atom. The van der Waals surface area contributed by atoms with Gasteiger partial charge >= 0.3 is 0 Å². The molecule has 2 aliphatic rings. The van der Waals surface area contributed by atoms with Crippen molar-refractivity contribution in [1.82, 2.24) is 25.2 Å². The highest BCUT2D eigenvalue weighted by molar-refractivity contribution is 5.83. The van der Waals surface area contributed by atoms with E-state index in [4.69, 9.17) is 0 Å². The van der Waals surface area contributed by atoms with Crippen LogP contribution in [0.4, 0.5) is 5.95 Å². The average molecular weight is 366 g/mol. The van der Waals surface area contributed by atoms with Crippen LogP contribution < -0.4 is 10.2 Å². The normalized spacial score (nSPS) is 19.8. The van der Waals surface area contributed by atoms with Gasteiger partial charge < -0.3 is 10.2 Å². The molecule has 2 fully saturated rings. The largest absolute Gasteiger partial charge is 0.352 e. The molecule has 4 heterocycles. The van der Waals surface area contributed by atoms with Gasteiger partial charge in [-0.15, -0.1) is 0 Å². The second-order valence-electron chi connectivity index (χ2n) is 7.25. The number of pyridine rings is 1. The number of nitrogens with one attached hydrogen (secondary N) is 1. The summed E-state index contributed by atoms with van der Waals surface area (Å²) in [6.45, 7) is 3.65. The summed E-state index contributed by atoms with van der Waals surface area (Å²) in [7, 11) is 0. The number of hydrogen-bond donors (Lipinski definition) is 1. The Kier molecular flexibility index (Phi) is 5.58. The first-order chi connectivity index (χ1) is 13.3. The van der Waals surface area contributed by atoms with Crippen molar-refractivity contribution in [1.29, 1.82) is 0 Å². The van der Waals surface area contributed by atoms with E-state index in [-0.39, 0.29) is 18.0 Å². The molecule has 1 N–H and O–H groups in total. The third kappa shape index (κ3) is 4.24. The van der Waals surface area contributed by atoms with E-state index in [9.17, 15) is 4.79 Å². The summed E-state index contributed by atoms with van der Waals surface area (Å²) in [6.07, 6.45) is 11.2. The van der Waals surface area contributed by atoms with Crippen LogP contribution in [-0.4, -0.2) is 58.0 Å². The standard InChI is InChI=1S/C20H26N6O/c27-19(18(25-11-1-2-12-25)16-5-3-8-21-15-16)24-17-6-13-26(14-7-17)20-22-9-4-10-23-20/h3-5,8-10,15,17-18H,1-2,6-7,11-14H2,(H,24,27)/t18-/m1/s1. The Morgan fingerprint density at radius 3 is 2.44 bits per heavy atom. The second kappa shape index (κ2) is 8.43. The summed E-state index contributed by atoms with van der Waals surface area (Å²) in [5.41, 5.74) is 0.979. The molecule has 0 saturated carbocycles. The Morgan fingerprint density at radius 2 is 1.78 bits per heavy atom. The lowest BCUT2D eigenvalue weighted by Crippen LogP contribution is -2.48. The van der Waals surface area contributed by atoms with Crippen molar-refractivity contribution in [2.45, 2.75) is 37.8 Å². The molecular formula is C20H26N6O. The summed E-state index contributed by atoms with van der Waals surface area (Å²) in [5, 5.41) is 3.29. The quantitative estimate of drug-likeness (QED) is 0.870. The zero-order valence-corrected chi connectivity index (χ0v) is 15.5. The summed E-state index contributed by atoms with van der Waals surface area (Å²) < 4.78 is 0. The van der Waals surface area contributed by atoms with E-state index < -0.39 is 0 Å². The highest BCUT2D eigenvalue weighted by Gasteiger charge is 2.32. The molecule has 7 nitrogen and oxygen atoms in total. The lowest BCUT2D eigenvalue weighted by atomic mass is 10.0. The maximum absolute atomic E-state index is 13.1. The van der Waals surface area contributed by atoms with E-state index in [0.717, 1.165) is 63.4 Å². The number of piperidine rings is 1. The number of aromatic nitrogens is 3. The molecule has 7 heteroatoms. The Bertz CT molecular complexity index is 727. The van der Waals surface area contributed by atoms with E-state index in [0.29, 0.717) is 0 Å². The number of nitrogens with zero attached hydrogens (tertiary/aromatic N) is 5. The molecule has 2 saturated heterocycles. The minimum Gasteiger partial charge on any atom is -0.352 e. The first-order valence-corrected chi connectivity index (χ1v) is 9.77. The molecule has 0 spiro atoms. The second-order valence-corrected chi connectivity index (χ2v) is 7.25. The van der Waals surface area contributed by atoms with Crippen molar-refractivity contribution in [3.05, 3.63) is 48.5 Å². The van der Waals surface area contributed by atoms with Crippen molar-refractivity contribution in [3.63, 3.8) is 0 Å². The van der Waals surface area contributed by atoms with Crippen LogP contribution in [0.3, 0.4) is 0 Å². The summed E-state index contributed by atoms with van der Waals surface area (Å²) >= 11 is 0. The number of carbonyl (C=O) groups is 1. The van der Waals surface area contributed by atoms with Crippen LogP contribution in [0.15, 0.2) is 43.0 Å². The van der Waals surface area contributed by atoms with Gasteiger partial charge in [0.25, 0.3) is 0 Å². The van der Waals surface area contributed by atoms with E-state index in [1.807, 2.05) is 24.4 Å². The van der Waals surface area contributed by atoms with Gasteiger partial charge in [0, 0.05) is 43.9 Å². The van der Waals surface area contributed by atoms with Gasteiger partial charge in [-0.25, -0.2) is 9.97 Å². The molecule has 142 valence electrons. The van der Waals surface area contributed by atoms with Crippen LogP contribution in [0.2, 0.25) is 0 Å². The van der Waals surface area contributed by atoms with Crippen molar-refractivity contribution in [2.24, 2.45) is 0 Å². The maximum Gasteiger partial charge on any atom is 0.242 e. The van der Waals surface area contributed by atoms with Crippen LogP contribution >= 0.6 is 0 Å². The monoisotopic (exact) mass is 366 g/mol. The molecule has 2 aliphatic heterocycles.